The standard InChI is InChI=1S/C13H19BrFN3O/c1-13(2,3)7-18(4)9-6-5-8(12(16)17-19)10(14)11(9)15/h5-6,19H,7H2,1-4H3,(H2,16,17). The molecular formula is C13H19BrFN3O. The first-order chi connectivity index (χ1) is 8.67. The van der Waals surface area contributed by atoms with E-state index in [1.54, 1.807) is 12.1 Å². The molecular weight excluding hydrogens is 313 g/mol. The molecule has 1 rings (SSSR count). The van der Waals surface area contributed by atoms with Crippen LogP contribution in [0.2, 0.25) is 0 Å². The van der Waals surface area contributed by atoms with Crippen molar-refractivity contribution >= 4 is 27.5 Å². The van der Waals surface area contributed by atoms with Crippen molar-refractivity contribution in [1.29, 1.82) is 0 Å². The zero-order valence-corrected chi connectivity index (χ0v) is 13.1. The van der Waals surface area contributed by atoms with Gasteiger partial charge in [-0.3, -0.25) is 0 Å². The minimum Gasteiger partial charge on any atom is -0.409 e. The van der Waals surface area contributed by atoms with Crippen molar-refractivity contribution in [2.45, 2.75) is 20.8 Å². The topological polar surface area (TPSA) is 61.8 Å². The van der Waals surface area contributed by atoms with Crippen molar-refractivity contribution in [2.75, 3.05) is 18.5 Å². The first-order valence-corrected chi connectivity index (χ1v) is 6.63. The molecule has 0 aliphatic rings. The number of oxime groups is 1. The van der Waals surface area contributed by atoms with E-state index in [2.05, 4.69) is 41.9 Å². The van der Waals surface area contributed by atoms with Crippen molar-refractivity contribution in [3.63, 3.8) is 0 Å². The lowest BCUT2D eigenvalue weighted by Gasteiger charge is -2.29. The Morgan fingerprint density at radius 1 is 1.47 bits per heavy atom. The van der Waals surface area contributed by atoms with Crippen LogP contribution < -0.4 is 10.6 Å². The molecule has 0 amide bonds. The maximum Gasteiger partial charge on any atom is 0.171 e. The molecule has 0 aliphatic carbocycles. The van der Waals surface area contributed by atoms with Crippen LogP contribution in [0.25, 0.3) is 0 Å². The molecule has 0 fully saturated rings. The summed E-state index contributed by atoms with van der Waals surface area (Å²) in [5.74, 6) is -0.549. The number of hydrogen-bond donors (Lipinski definition) is 2. The fraction of sp³-hybridized carbons (Fsp3) is 0.462. The first-order valence-electron chi connectivity index (χ1n) is 5.84. The number of benzene rings is 1. The second kappa shape index (κ2) is 5.77. The molecule has 0 unspecified atom stereocenters. The maximum absolute atomic E-state index is 14.3. The molecule has 0 heterocycles. The van der Waals surface area contributed by atoms with E-state index >= 15 is 0 Å². The highest BCUT2D eigenvalue weighted by Gasteiger charge is 2.20. The van der Waals surface area contributed by atoms with Crippen molar-refractivity contribution in [2.24, 2.45) is 16.3 Å². The van der Waals surface area contributed by atoms with Gasteiger partial charge in [-0.15, -0.1) is 0 Å². The van der Waals surface area contributed by atoms with Gasteiger partial charge in [0.15, 0.2) is 11.7 Å². The lowest BCUT2D eigenvalue weighted by Crippen LogP contribution is -2.30. The van der Waals surface area contributed by atoms with E-state index in [1.807, 2.05) is 11.9 Å². The Bertz CT molecular complexity index is 497. The average Bonchev–Trinajstić information content (AvgIpc) is 2.29. The van der Waals surface area contributed by atoms with Crippen molar-refractivity contribution in [1.82, 2.24) is 0 Å². The van der Waals surface area contributed by atoms with Gasteiger partial charge in [0.05, 0.1) is 10.2 Å². The average molecular weight is 332 g/mol. The lowest BCUT2D eigenvalue weighted by molar-refractivity contribution is 0.318. The van der Waals surface area contributed by atoms with Crippen LogP contribution in [0.3, 0.4) is 0 Å². The highest BCUT2D eigenvalue weighted by atomic mass is 79.9. The Kier molecular flexibility index (Phi) is 4.79. The van der Waals surface area contributed by atoms with Gasteiger partial charge < -0.3 is 15.8 Å². The summed E-state index contributed by atoms with van der Waals surface area (Å²) in [6.07, 6.45) is 0. The van der Waals surface area contributed by atoms with Gasteiger partial charge >= 0.3 is 0 Å². The molecule has 0 atom stereocenters. The van der Waals surface area contributed by atoms with Gasteiger partial charge in [0.2, 0.25) is 0 Å². The molecule has 19 heavy (non-hydrogen) atoms. The van der Waals surface area contributed by atoms with E-state index in [4.69, 9.17) is 10.9 Å². The fourth-order valence-electron chi connectivity index (χ4n) is 1.88. The Morgan fingerprint density at radius 2 is 2.05 bits per heavy atom. The first kappa shape index (κ1) is 15.8. The summed E-state index contributed by atoms with van der Waals surface area (Å²) in [5, 5.41) is 11.5. The summed E-state index contributed by atoms with van der Waals surface area (Å²) in [4.78, 5) is 1.84. The summed E-state index contributed by atoms with van der Waals surface area (Å²) < 4.78 is 14.5. The maximum atomic E-state index is 14.3. The van der Waals surface area contributed by atoms with Crippen LogP contribution in [0.5, 0.6) is 0 Å². The van der Waals surface area contributed by atoms with Gasteiger partial charge in [-0.2, -0.15) is 0 Å². The molecule has 106 valence electrons. The molecule has 1 aromatic rings. The molecule has 0 aromatic heterocycles. The number of rotatable bonds is 3. The van der Waals surface area contributed by atoms with E-state index in [1.165, 1.54) is 0 Å². The molecule has 0 aliphatic heterocycles. The van der Waals surface area contributed by atoms with E-state index in [-0.39, 0.29) is 15.7 Å². The van der Waals surface area contributed by atoms with E-state index in [0.717, 1.165) is 0 Å². The number of anilines is 1. The number of nitrogens with two attached hydrogens (primary N) is 1. The summed E-state index contributed by atoms with van der Waals surface area (Å²) in [6.45, 7) is 6.96. The smallest absolute Gasteiger partial charge is 0.171 e. The van der Waals surface area contributed by atoms with Crippen molar-refractivity contribution < 1.29 is 9.60 Å². The number of halogens is 2. The predicted molar refractivity (Wildman–Crippen MR) is 79.3 cm³/mol. The van der Waals surface area contributed by atoms with Crippen LogP contribution >= 0.6 is 15.9 Å². The van der Waals surface area contributed by atoms with E-state index in [0.29, 0.717) is 17.8 Å². The Labute approximate surface area is 121 Å². The van der Waals surface area contributed by atoms with Crippen molar-refractivity contribution in [3.05, 3.63) is 28.0 Å². The van der Waals surface area contributed by atoms with Crippen LogP contribution in [0, 0.1) is 11.2 Å². The van der Waals surface area contributed by atoms with Gasteiger partial charge in [0.25, 0.3) is 0 Å². The Morgan fingerprint density at radius 3 is 2.53 bits per heavy atom. The van der Waals surface area contributed by atoms with Crippen LogP contribution in [0.15, 0.2) is 21.8 Å². The highest BCUT2D eigenvalue weighted by Crippen LogP contribution is 2.30. The summed E-state index contributed by atoms with van der Waals surface area (Å²) in [6, 6.07) is 3.25. The molecule has 0 spiro atoms. The number of hydrogen-bond acceptors (Lipinski definition) is 3. The third-order valence-corrected chi connectivity index (χ3v) is 3.34. The normalized spacial score (nSPS) is 12.6. The zero-order valence-electron chi connectivity index (χ0n) is 11.5. The largest absolute Gasteiger partial charge is 0.409 e. The van der Waals surface area contributed by atoms with Crippen molar-refractivity contribution in [3.8, 4) is 0 Å². The molecule has 6 heteroatoms. The van der Waals surface area contributed by atoms with Crippen LogP contribution in [-0.4, -0.2) is 24.6 Å². The fourth-order valence-corrected chi connectivity index (χ4v) is 2.42. The summed E-state index contributed by atoms with van der Waals surface area (Å²) in [5.41, 5.74) is 6.33. The summed E-state index contributed by atoms with van der Waals surface area (Å²) in [7, 11) is 1.83. The monoisotopic (exact) mass is 331 g/mol. The Hall–Kier alpha value is -1.30. The second-order valence-corrected chi connectivity index (χ2v) is 6.46. The third kappa shape index (κ3) is 3.83. The van der Waals surface area contributed by atoms with Crippen LogP contribution in [0.4, 0.5) is 10.1 Å². The zero-order chi connectivity index (χ0) is 14.8. The molecule has 3 N–H and O–H groups in total. The molecule has 4 nitrogen and oxygen atoms in total. The van der Waals surface area contributed by atoms with Gasteiger partial charge in [-0.05, 0) is 33.5 Å². The van der Waals surface area contributed by atoms with Crippen LogP contribution in [-0.2, 0) is 0 Å². The summed E-state index contributed by atoms with van der Waals surface area (Å²) >= 11 is 3.15. The molecule has 0 radical (unpaired) electrons. The van der Waals surface area contributed by atoms with E-state index in [9.17, 15) is 4.39 Å². The SMILES string of the molecule is CN(CC(C)(C)C)c1ccc(/C(N)=N/O)c(Br)c1F. The second-order valence-electron chi connectivity index (χ2n) is 5.66. The quantitative estimate of drug-likeness (QED) is 0.387. The highest BCUT2D eigenvalue weighted by molar-refractivity contribution is 9.10. The van der Waals surface area contributed by atoms with Crippen LogP contribution in [0.1, 0.15) is 26.3 Å². The number of nitrogens with zero attached hydrogens (tertiary/aromatic N) is 2. The van der Waals surface area contributed by atoms with Gasteiger partial charge in [-0.1, -0.05) is 25.9 Å². The molecule has 0 bridgehead atoms. The lowest BCUT2D eigenvalue weighted by atomic mass is 9.96. The molecule has 0 saturated heterocycles. The minimum atomic E-state index is -0.421. The molecule has 0 saturated carbocycles. The third-order valence-electron chi connectivity index (χ3n) is 2.57. The predicted octanol–water partition coefficient (Wildman–Crippen LogP) is 3.17. The van der Waals surface area contributed by atoms with Gasteiger partial charge in [-0.25, -0.2) is 4.39 Å². The van der Waals surface area contributed by atoms with Gasteiger partial charge in [0, 0.05) is 19.2 Å². The van der Waals surface area contributed by atoms with Gasteiger partial charge in [0.1, 0.15) is 0 Å². The van der Waals surface area contributed by atoms with E-state index < -0.39 is 5.82 Å². The Balaban J connectivity index is 3.16. The minimum absolute atomic E-state index is 0.0535. The number of amidine groups is 1. The molecule has 1 aromatic carbocycles.